The Hall–Kier alpha value is -1.37. The molecule has 1 heteroatoms. The fraction of sp³-hybridized carbons (Fsp3) is 0.182. The summed E-state index contributed by atoms with van der Waals surface area (Å²) in [7, 11) is 0. The van der Waals surface area contributed by atoms with Gasteiger partial charge in [0.25, 0.3) is 0 Å². The molecule has 1 aliphatic rings. The maximum atomic E-state index is 4.23. The van der Waals surface area contributed by atoms with E-state index >= 15 is 0 Å². The van der Waals surface area contributed by atoms with Gasteiger partial charge in [0, 0.05) is 6.21 Å². The average Bonchev–Trinajstić information content (AvgIpc) is 2.28. The van der Waals surface area contributed by atoms with Gasteiger partial charge in [-0.15, -0.1) is 0 Å². The van der Waals surface area contributed by atoms with Gasteiger partial charge in [-0.3, -0.25) is 4.99 Å². The number of hydrogen-bond acceptors (Lipinski definition) is 1. The first kappa shape index (κ1) is 7.29. The molecule has 0 atom stereocenters. The second-order valence-electron chi connectivity index (χ2n) is 3.05. The van der Waals surface area contributed by atoms with E-state index in [0.717, 1.165) is 6.54 Å². The Morgan fingerprint density at radius 3 is 3.17 bits per heavy atom. The smallest absolute Gasteiger partial charge is 0.0645 e. The molecule has 0 radical (unpaired) electrons. The quantitative estimate of drug-likeness (QED) is 0.549. The van der Waals surface area contributed by atoms with Gasteiger partial charge in [-0.2, -0.15) is 0 Å². The number of fused-ring (bicyclic) bond motifs is 1. The highest BCUT2D eigenvalue weighted by atomic mass is 14.7. The molecule has 0 saturated heterocycles. The lowest BCUT2D eigenvalue weighted by Gasteiger charge is -2.02. The molecule has 0 aliphatic carbocycles. The van der Waals surface area contributed by atoms with Crippen molar-refractivity contribution in [3.8, 4) is 0 Å². The van der Waals surface area contributed by atoms with Gasteiger partial charge >= 0.3 is 0 Å². The normalized spacial score (nSPS) is 14.1. The van der Waals surface area contributed by atoms with Crippen LogP contribution in [0, 0.1) is 6.92 Å². The fourth-order valence-corrected chi connectivity index (χ4v) is 1.37. The van der Waals surface area contributed by atoms with Crippen molar-refractivity contribution in [2.45, 2.75) is 13.5 Å². The molecule has 12 heavy (non-hydrogen) atoms. The highest BCUT2D eigenvalue weighted by Gasteiger charge is 1.99. The highest BCUT2D eigenvalue weighted by Crippen LogP contribution is 2.15. The highest BCUT2D eigenvalue weighted by molar-refractivity contribution is 5.80. The summed E-state index contributed by atoms with van der Waals surface area (Å²) in [6, 6.07) is 6.48. The third-order valence-electron chi connectivity index (χ3n) is 2.03. The molecule has 1 aromatic carbocycles. The predicted octanol–water partition coefficient (Wildman–Crippen LogP) is 2.59. The second-order valence-corrected chi connectivity index (χ2v) is 3.05. The van der Waals surface area contributed by atoms with Gasteiger partial charge in [0.2, 0.25) is 0 Å². The monoisotopic (exact) mass is 157 g/mol. The van der Waals surface area contributed by atoms with Crippen LogP contribution in [0.4, 0.5) is 0 Å². The van der Waals surface area contributed by atoms with Crippen molar-refractivity contribution in [1.29, 1.82) is 0 Å². The SMILES string of the molecule is Cc1ccc2c(c1)C=CC=NC2. The minimum atomic E-state index is 0.808. The van der Waals surface area contributed by atoms with Crippen molar-refractivity contribution in [2.24, 2.45) is 4.99 Å². The zero-order valence-electron chi connectivity index (χ0n) is 7.12. The molecule has 0 fully saturated rings. The molecule has 0 aromatic heterocycles. The Kier molecular flexibility index (Phi) is 1.78. The van der Waals surface area contributed by atoms with Gasteiger partial charge in [0.05, 0.1) is 6.54 Å². The van der Waals surface area contributed by atoms with E-state index < -0.39 is 0 Å². The van der Waals surface area contributed by atoms with E-state index in [1.54, 1.807) is 0 Å². The molecule has 1 nitrogen and oxygen atoms in total. The Labute approximate surface area is 72.5 Å². The van der Waals surface area contributed by atoms with Crippen molar-refractivity contribution >= 4 is 12.3 Å². The molecule has 0 bridgehead atoms. The van der Waals surface area contributed by atoms with Crippen LogP contribution in [0.3, 0.4) is 0 Å². The maximum Gasteiger partial charge on any atom is 0.0645 e. The summed E-state index contributed by atoms with van der Waals surface area (Å²) in [5.41, 5.74) is 3.92. The van der Waals surface area contributed by atoms with E-state index in [9.17, 15) is 0 Å². The second kappa shape index (κ2) is 2.94. The maximum absolute atomic E-state index is 4.23. The standard InChI is InChI=1S/C11H11N/c1-9-4-5-11-8-12-6-2-3-10(11)7-9/h2-7H,8H2,1H3. The summed E-state index contributed by atoms with van der Waals surface area (Å²) in [4.78, 5) is 4.23. The largest absolute Gasteiger partial charge is 0.288 e. The van der Waals surface area contributed by atoms with Gasteiger partial charge in [-0.05, 0) is 24.1 Å². The third-order valence-corrected chi connectivity index (χ3v) is 2.03. The molecular weight excluding hydrogens is 146 g/mol. The lowest BCUT2D eigenvalue weighted by atomic mass is 10.0. The topological polar surface area (TPSA) is 12.4 Å². The number of aryl methyl sites for hydroxylation is 1. The first-order valence-corrected chi connectivity index (χ1v) is 4.12. The van der Waals surface area contributed by atoms with Gasteiger partial charge in [-0.25, -0.2) is 0 Å². The minimum absolute atomic E-state index is 0.808. The zero-order chi connectivity index (χ0) is 8.39. The number of nitrogens with zero attached hydrogens (tertiary/aromatic N) is 1. The zero-order valence-corrected chi connectivity index (χ0v) is 7.12. The Balaban J connectivity index is 2.53. The summed E-state index contributed by atoms with van der Waals surface area (Å²) < 4.78 is 0. The summed E-state index contributed by atoms with van der Waals surface area (Å²) in [6.07, 6.45) is 5.96. The molecule has 0 amide bonds. The predicted molar refractivity (Wildman–Crippen MR) is 52.4 cm³/mol. The molecule has 1 heterocycles. The third kappa shape index (κ3) is 1.30. The minimum Gasteiger partial charge on any atom is -0.288 e. The average molecular weight is 157 g/mol. The Bertz CT molecular complexity index is 348. The molecule has 0 N–H and O–H groups in total. The first-order chi connectivity index (χ1) is 5.86. The van der Waals surface area contributed by atoms with Crippen LogP contribution in [0.1, 0.15) is 16.7 Å². The van der Waals surface area contributed by atoms with E-state index in [4.69, 9.17) is 0 Å². The molecule has 1 aromatic rings. The Morgan fingerprint density at radius 1 is 1.33 bits per heavy atom. The van der Waals surface area contributed by atoms with Crippen LogP contribution in [-0.4, -0.2) is 6.21 Å². The molecule has 2 rings (SSSR count). The van der Waals surface area contributed by atoms with E-state index in [-0.39, 0.29) is 0 Å². The molecular formula is C11H11N. The van der Waals surface area contributed by atoms with Crippen LogP contribution in [0.25, 0.3) is 6.08 Å². The van der Waals surface area contributed by atoms with Crippen LogP contribution in [0.15, 0.2) is 29.3 Å². The lowest BCUT2D eigenvalue weighted by Crippen LogP contribution is -1.86. The number of hydrogen-bond donors (Lipinski definition) is 0. The molecule has 0 spiro atoms. The fourth-order valence-electron chi connectivity index (χ4n) is 1.37. The van der Waals surface area contributed by atoms with Crippen LogP contribution >= 0.6 is 0 Å². The number of allylic oxidation sites excluding steroid dienone is 1. The first-order valence-electron chi connectivity index (χ1n) is 4.12. The summed E-state index contributed by atoms with van der Waals surface area (Å²) in [5.74, 6) is 0. The molecule has 0 unspecified atom stereocenters. The van der Waals surface area contributed by atoms with E-state index in [2.05, 4.69) is 36.2 Å². The lowest BCUT2D eigenvalue weighted by molar-refractivity contribution is 1.07. The van der Waals surface area contributed by atoms with Crippen LogP contribution in [-0.2, 0) is 6.54 Å². The van der Waals surface area contributed by atoms with Crippen LogP contribution < -0.4 is 0 Å². The van der Waals surface area contributed by atoms with Gasteiger partial charge in [0.1, 0.15) is 0 Å². The van der Waals surface area contributed by atoms with Crippen molar-refractivity contribution in [3.63, 3.8) is 0 Å². The van der Waals surface area contributed by atoms with Gasteiger partial charge in [0.15, 0.2) is 0 Å². The van der Waals surface area contributed by atoms with Crippen LogP contribution in [0.5, 0.6) is 0 Å². The van der Waals surface area contributed by atoms with E-state index in [0.29, 0.717) is 0 Å². The summed E-state index contributed by atoms with van der Waals surface area (Å²) in [6.45, 7) is 2.92. The van der Waals surface area contributed by atoms with Crippen molar-refractivity contribution in [2.75, 3.05) is 0 Å². The molecule has 0 saturated carbocycles. The van der Waals surface area contributed by atoms with Crippen molar-refractivity contribution < 1.29 is 0 Å². The van der Waals surface area contributed by atoms with Crippen LogP contribution in [0.2, 0.25) is 0 Å². The van der Waals surface area contributed by atoms with Crippen molar-refractivity contribution in [3.05, 3.63) is 41.0 Å². The van der Waals surface area contributed by atoms with Gasteiger partial charge < -0.3 is 0 Å². The summed E-state index contributed by atoms with van der Waals surface area (Å²) in [5, 5.41) is 0. The van der Waals surface area contributed by atoms with E-state index in [1.165, 1.54) is 16.7 Å². The number of aliphatic imine (C=N–C) groups is 1. The van der Waals surface area contributed by atoms with E-state index in [1.807, 2.05) is 12.3 Å². The summed E-state index contributed by atoms with van der Waals surface area (Å²) >= 11 is 0. The Morgan fingerprint density at radius 2 is 2.25 bits per heavy atom. The number of benzene rings is 1. The number of rotatable bonds is 0. The molecule has 1 aliphatic heterocycles. The molecule has 60 valence electrons. The van der Waals surface area contributed by atoms with Gasteiger partial charge in [-0.1, -0.05) is 29.8 Å². The van der Waals surface area contributed by atoms with Crippen molar-refractivity contribution in [1.82, 2.24) is 0 Å².